The van der Waals surface area contributed by atoms with Crippen LogP contribution in [0.25, 0.3) is 0 Å². The summed E-state index contributed by atoms with van der Waals surface area (Å²) in [5.41, 5.74) is -5.62. The molecule has 0 saturated carbocycles. The SMILES string of the molecule is C[C@]12O[C@@]3(CCO[C@H]4[C@@H]3[C@@H]1C(=O)N4c1ccc(C#N)c(C(F)(F)F)c1)C[C@]2(O)CO. The molecule has 0 unspecified atom stereocenters. The first-order valence-electron chi connectivity index (χ1n) is 9.61. The summed E-state index contributed by atoms with van der Waals surface area (Å²) in [7, 11) is 0. The molecular formula is C20H19F3N2O5. The van der Waals surface area contributed by atoms with E-state index in [1.54, 1.807) is 6.92 Å². The highest BCUT2D eigenvalue weighted by atomic mass is 19.4. The lowest BCUT2D eigenvalue weighted by atomic mass is 9.60. The summed E-state index contributed by atoms with van der Waals surface area (Å²) in [4.78, 5) is 14.7. The quantitative estimate of drug-likeness (QED) is 0.747. The molecule has 0 radical (unpaired) electrons. The first-order chi connectivity index (χ1) is 14.0. The van der Waals surface area contributed by atoms with Gasteiger partial charge in [0, 0.05) is 24.4 Å². The molecule has 0 aromatic heterocycles. The van der Waals surface area contributed by atoms with Gasteiger partial charge in [-0.25, -0.2) is 0 Å². The minimum Gasteiger partial charge on any atom is -0.393 e. The fourth-order valence-electron chi connectivity index (χ4n) is 6.00. The van der Waals surface area contributed by atoms with Crippen LogP contribution in [-0.2, 0) is 20.4 Å². The third kappa shape index (κ3) is 2.16. The van der Waals surface area contributed by atoms with E-state index in [1.807, 2.05) is 0 Å². The van der Waals surface area contributed by atoms with Crippen LogP contribution in [0.5, 0.6) is 0 Å². The number of aliphatic hydroxyl groups is 2. The van der Waals surface area contributed by atoms with Crippen molar-refractivity contribution >= 4 is 11.6 Å². The maximum Gasteiger partial charge on any atom is 0.417 e. The molecular weight excluding hydrogens is 405 g/mol. The number of nitriles is 1. The number of halogens is 3. The second kappa shape index (κ2) is 5.73. The average Bonchev–Trinajstić information content (AvgIpc) is 3.23. The van der Waals surface area contributed by atoms with Gasteiger partial charge in [0.1, 0.15) is 17.4 Å². The van der Waals surface area contributed by atoms with E-state index in [9.17, 15) is 28.2 Å². The zero-order chi connectivity index (χ0) is 21.7. The zero-order valence-electron chi connectivity index (χ0n) is 15.9. The minimum absolute atomic E-state index is 0.0293. The summed E-state index contributed by atoms with van der Waals surface area (Å²) in [6.07, 6.45) is -5.09. The number of ether oxygens (including phenoxy) is 2. The van der Waals surface area contributed by atoms with Crippen LogP contribution in [0.2, 0.25) is 0 Å². The number of anilines is 1. The number of fused-ring (bicyclic) bond motifs is 2. The lowest BCUT2D eigenvalue weighted by Crippen LogP contribution is -2.61. The summed E-state index contributed by atoms with van der Waals surface area (Å²) in [5.74, 6) is -1.89. The number of carbonyl (C=O) groups excluding carboxylic acids is 1. The lowest BCUT2D eigenvalue weighted by Gasteiger charge is -2.45. The van der Waals surface area contributed by atoms with Gasteiger partial charge in [0.2, 0.25) is 5.91 Å². The Labute approximate surface area is 169 Å². The zero-order valence-corrected chi connectivity index (χ0v) is 15.9. The van der Waals surface area contributed by atoms with Crippen LogP contribution in [0.15, 0.2) is 18.2 Å². The van der Waals surface area contributed by atoms with Crippen molar-refractivity contribution in [3.8, 4) is 6.07 Å². The van der Waals surface area contributed by atoms with Gasteiger partial charge in [0.15, 0.2) is 0 Å². The molecule has 6 atom stereocenters. The first-order valence-corrected chi connectivity index (χ1v) is 9.61. The second-order valence-corrected chi connectivity index (χ2v) is 8.70. The van der Waals surface area contributed by atoms with Crippen molar-refractivity contribution < 1.29 is 37.7 Å². The fraction of sp³-hybridized carbons (Fsp3) is 0.600. The molecule has 1 amide bonds. The molecule has 4 aliphatic heterocycles. The van der Waals surface area contributed by atoms with Crippen LogP contribution in [0.1, 0.15) is 30.9 Å². The maximum atomic E-state index is 13.5. The van der Waals surface area contributed by atoms with Crippen molar-refractivity contribution in [2.45, 2.75) is 49.0 Å². The van der Waals surface area contributed by atoms with Crippen LogP contribution >= 0.6 is 0 Å². The number of rotatable bonds is 2. The van der Waals surface area contributed by atoms with Gasteiger partial charge in [-0.15, -0.1) is 0 Å². The Balaban J connectivity index is 1.63. The molecule has 2 N–H and O–H groups in total. The van der Waals surface area contributed by atoms with Gasteiger partial charge in [-0.2, -0.15) is 18.4 Å². The predicted octanol–water partition coefficient (Wildman–Crippen LogP) is 1.56. The molecule has 4 heterocycles. The number of carbonyl (C=O) groups is 1. The van der Waals surface area contributed by atoms with Crippen molar-refractivity contribution in [2.75, 3.05) is 18.1 Å². The normalized spacial score (nSPS) is 41.8. The molecule has 1 aromatic rings. The molecule has 4 fully saturated rings. The topological polar surface area (TPSA) is 103 Å². The van der Waals surface area contributed by atoms with Crippen LogP contribution in [0.3, 0.4) is 0 Å². The Morgan fingerprint density at radius 1 is 1.40 bits per heavy atom. The van der Waals surface area contributed by atoms with Crippen LogP contribution in [-0.4, -0.2) is 52.4 Å². The molecule has 1 spiro atoms. The van der Waals surface area contributed by atoms with Gasteiger partial charge in [0.05, 0.1) is 41.9 Å². The third-order valence-electron chi connectivity index (χ3n) is 7.34. The number of hydrogen-bond donors (Lipinski definition) is 2. The van der Waals surface area contributed by atoms with Crippen molar-refractivity contribution in [2.24, 2.45) is 11.8 Å². The van der Waals surface area contributed by atoms with Crippen LogP contribution in [0.4, 0.5) is 18.9 Å². The molecule has 1 aromatic carbocycles. The maximum absolute atomic E-state index is 13.5. The summed E-state index contributed by atoms with van der Waals surface area (Å²) in [5, 5.41) is 29.9. The van der Waals surface area contributed by atoms with E-state index in [2.05, 4.69) is 0 Å². The Bertz CT molecular complexity index is 994. The van der Waals surface area contributed by atoms with E-state index < -0.39 is 64.7 Å². The average molecular weight is 424 g/mol. The van der Waals surface area contributed by atoms with Crippen molar-refractivity contribution in [1.82, 2.24) is 0 Å². The smallest absolute Gasteiger partial charge is 0.393 e. The fourth-order valence-corrected chi connectivity index (χ4v) is 6.00. The first kappa shape index (κ1) is 19.8. The van der Waals surface area contributed by atoms with Gasteiger partial charge in [-0.05, 0) is 25.1 Å². The number of hydrogen-bond acceptors (Lipinski definition) is 6. The summed E-state index contributed by atoms with van der Waals surface area (Å²) < 4.78 is 52.4. The number of amides is 1. The number of alkyl halides is 3. The molecule has 10 heteroatoms. The Morgan fingerprint density at radius 2 is 2.13 bits per heavy atom. The van der Waals surface area contributed by atoms with E-state index in [0.717, 1.165) is 12.1 Å². The Kier molecular flexibility index (Phi) is 3.78. The van der Waals surface area contributed by atoms with E-state index in [4.69, 9.17) is 14.7 Å². The summed E-state index contributed by atoms with van der Waals surface area (Å²) in [6.45, 7) is 1.17. The predicted molar refractivity (Wildman–Crippen MR) is 93.9 cm³/mol. The van der Waals surface area contributed by atoms with Gasteiger partial charge < -0.3 is 19.7 Å². The molecule has 2 bridgehead atoms. The summed E-state index contributed by atoms with van der Waals surface area (Å²) in [6, 6.07) is 4.64. The Hall–Kier alpha value is -2.19. The lowest BCUT2D eigenvalue weighted by molar-refractivity contribution is -0.159. The molecule has 7 nitrogen and oxygen atoms in total. The Morgan fingerprint density at radius 3 is 2.77 bits per heavy atom. The second-order valence-electron chi connectivity index (χ2n) is 8.70. The van der Waals surface area contributed by atoms with E-state index in [1.165, 1.54) is 17.0 Å². The third-order valence-corrected chi connectivity index (χ3v) is 7.34. The minimum atomic E-state index is -4.76. The van der Waals surface area contributed by atoms with Gasteiger partial charge in [0.25, 0.3) is 0 Å². The molecule has 30 heavy (non-hydrogen) atoms. The largest absolute Gasteiger partial charge is 0.417 e. The molecule has 0 aliphatic carbocycles. The number of nitrogens with zero attached hydrogens (tertiary/aromatic N) is 2. The van der Waals surface area contributed by atoms with E-state index in [0.29, 0.717) is 6.42 Å². The number of benzene rings is 1. The molecule has 4 saturated heterocycles. The van der Waals surface area contributed by atoms with Crippen molar-refractivity contribution in [1.29, 1.82) is 5.26 Å². The highest BCUT2D eigenvalue weighted by Crippen LogP contribution is 2.68. The van der Waals surface area contributed by atoms with E-state index in [-0.39, 0.29) is 18.7 Å². The monoisotopic (exact) mass is 424 g/mol. The van der Waals surface area contributed by atoms with Gasteiger partial charge in [-0.3, -0.25) is 9.69 Å². The molecule has 160 valence electrons. The highest BCUT2D eigenvalue weighted by Gasteiger charge is 2.82. The molecule has 5 rings (SSSR count). The van der Waals surface area contributed by atoms with Gasteiger partial charge in [-0.1, -0.05) is 0 Å². The van der Waals surface area contributed by atoms with Crippen molar-refractivity contribution in [3.63, 3.8) is 0 Å². The summed E-state index contributed by atoms with van der Waals surface area (Å²) >= 11 is 0. The van der Waals surface area contributed by atoms with Gasteiger partial charge >= 0.3 is 6.18 Å². The number of aliphatic hydroxyl groups excluding tert-OH is 1. The van der Waals surface area contributed by atoms with Crippen LogP contribution < -0.4 is 4.90 Å². The standard InChI is InChI=1S/C20H19F3N2O5/c1-17-13-14-16(29-5-4-18(14,30-17)8-19(17,28)9-26)25(15(13)27)11-3-2-10(7-24)12(6-11)20(21,22)23/h2-3,6,13-14,16,26,28H,4-5,8-9H2,1H3/t13-,14+,16+,17+,18+,19+/m1/s1. The van der Waals surface area contributed by atoms with Crippen LogP contribution in [0, 0.1) is 23.2 Å². The molecule has 4 aliphatic rings. The van der Waals surface area contributed by atoms with E-state index >= 15 is 0 Å². The highest BCUT2D eigenvalue weighted by molar-refractivity contribution is 6.00. The van der Waals surface area contributed by atoms with Crippen molar-refractivity contribution in [3.05, 3.63) is 29.3 Å².